The highest BCUT2D eigenvalue weighted by Gasteiger charge is 2.34. The lowest BCUT2D eigenvalue weighted by molar-refractivity contribution is -0.137. The van der Waals surface area contributed by atoms with E-state index in [0.717, 1.165) is 17.4 Å². The number of hydrogen-bond acceptors (Lipinski definition) is 3. The molecule has 0 atom stereocenters. The van der Waals surface area contributed by atoms with Crippen molar-refractivity contribution < 1.29 is 18.0 Å². The first-order valence-electron chi connectivity index (χ1n) is 5.55. The van der Waals surface area contributed by atoms with Crippen molar-refractivity contribution in [3.63, 3.8) is 0 Å². The van der Waals surface area contributed by atoms with E-state index in [1.54, 1.807) is 6.92 Å². The predicted octanol–water partition coefficient (Wildman–Crippen LogP) is 5.10. The van der Waals surface area contributed by atoms with E-state index in [2.05, 4.69) is 20.9 Å². The van der Waals surface area contributed by atoms with Gasteiger partial charge in [0.2, 0.25) is 0 Å². The van der Waals surface area contributed by atoms with Crippen molar-refractivity contribution in [2.24, 2.45) is 0 Å². The number of aromatic nitrogens is 1. The van der Waals surface area contributed by atoms with Crippen LogP contribution in [0.3, 0.4) is 0 Å². The third-order valence-corrected chi connectivity index (χ3v) is 4.42. The molecule has 0 spiro atoms. The molecule has 0 amide bonds. The molecule has 0 aliphatic heterocycles. The predicted molar refractivity (Wildman–Crippen MR) is 75.0 cm³/mol. The van der Waals surface area contributed by atoms with Crippen molar-refractivity contribution >= 4 is 33.0 Å². The Morgan fingerprint density at radius 3 is 2.50 bits per heavy atom. The molecule has 0 saturated heterocycles. The number of halogens is 4. The van der Waals surface area contributed by atoms with Gasteiger partial charge in [0, 0.05) is 17.0 Å². The molecule has 0 radical (unpaired) electrons. The number of hydrogen-bond donors (Lipinski definition) is 0. The Hall–Kier alpha value is -1.21. The number of thiazole rings is 1. The Kier molecular flexibility index (Phi) is 4.02. The monoisotopic (exact) mass is 363 g/mol. The van der Waals surface area contributed by atoms with Gasteiger partial charge in [-0.05, 0) is 19.1 Å². The third kappa shape index (κ3) is 2.93. The van der Waals surface area contributed by atoms with E-state index in [1.807, 2.05) is 0 Å². The topological polar surface area (TPSA) is 30.0 Å². The van der Waals surface area contributed by atoms with Gasteiger partial charge in [0.05, 0.1) is 16.1 Å². The number of benzene rings is 1. The van der Waals surface area contributed by atoms with Gasteiger partial charge in [-0.25, -0.2) is 4.98 Å². The fourth-order valence-corrected chi connectivity index (χ4v) is 3.14. The zero-order valence-corrected chi connectivity index (χ0v) is 12.9. The number of carbonyl (C=O) groups is 1. The Morgan fingerprint density at radius 1 is 1.35 bits per heavy atom. The van der Waals surface area contributed by atoms with E-state index < -0.39 is 11.7 Å². The fourth-order valence-electron chi connectivity index (χ4n) is 1.78. The molecule has 0 fully saturated rings. The molecule has 1 heterocycles. The van der Waals surface area contributed by atoms with Crippen molar-refractivity contribution in [3.05, 3.63) is 38.8 Å². The number of carbonyl (C=O) groups excluding carboxylic acids is 1. The highest BCUT2D eigenvalue weighted by atomic mass is 79.9. The van der Waals surface area contributed by atoms with Gasteiger partial charge in [-0.15, -0.1) is 11.3 Å². The molecule has 0 bridgehead atoms. The van der Waals surface area contributed by atoms with Crippen LogP contribution in [0.15, 0.2) is 22.7 Å². The van der Waals surface area contributed by atoms with Crippen LogP contribution in [0, 0.1) is 6.92 Å². The van der Waals surface area contributed by atoms with Crippen LogP contribution in [-0.4, -0.2) is 10.8 Å². The van der Waals surface area contributed by atoms with Crippen molar-refractivity contribution in [2.45, 2.75) is 20.0 Å². The molecule has 1 aromatic heterocycles. The second-order valence-electron chi connectivity index (χ2n) is 4.18. The molecule has 20 heavy (non-hydrogen) atoms. The van der Waals surface area contributed by atoms with E-state index in [0.29, 0.717) is 15.0 Å². The summed E-state index contributed by atoms with van der Waals surface area (Å²) in [6, 6.07) is 3.89. The fraction of sp³-hybridized carbons (Fsp3) is 0.231. The summed E-state index contributed by atoms with van der Waals surface area (Å²) in [6.07, 6.45) is -4.48. The lowest BCUT2D eigenvalue weighted by Gasteiger charge is -2.11. The second kappa shape index (κ2) is 5.29. The van der Waals surface area contributed by atoms with Gasteiger partial charge in [0.25, 0.3) is 0 Å². The maximum atomic E-state index is 13.1. The molecule has 2 rings (SSSR count). The summed E-state index contributed by atoms with van der Waals surface area (Å²) < 4.78 is 39.5. The van der Waals surface area contributed by atoms with Gasteiger partial charge in [0.1, 0.15) is 5.01 Å². The van der Waals surface area contributed by atoms with Crippen LogP contribution in [-0.2, 0) is 6.18 Å². The minimum Gasteiger partial charge on any atom is -0.294 e. The second-order valence-corrected chi connectivity index (χ2v) is 6.09. The molecular weight excluding hydrogens is 355 g/mol. The largest absolute Gasteiger partial charge is 0.417 e. The Balaban J connectivity index is 2.64. The molecule has 1 aromatic carbocycles. The van der Waals surface area contributed by atoms with Crippen molar-refractivity contribution in [2.75, 3.05) is 0 Å². The number of rotatable bonds is 2. The summed E-state index contributed by atoms with van der Waals surface area (Å²) in [5.74, 6) is -0.197. The SMILES string of the molecule is CC(=O)c1sc(-c2ccc(Br)cc2C(F)(F)F)nc1C. The molecule has 7 heteroatoms. The molecule has 0 saturated carbocycles. The zero-order valence-electron chi connectivity index (χ0n) is 10.5. The lowest BCUT2D eigenvalue weighted by Crippen LogP contribution is -2.07. The summed E-state index contributed by atoms with van der Waals surface area (Å²) in [7, 11) is 0. The van der Waals surface area contributed by atoms with Crippen molar-refractivity contribution in [3.8, 4) is 10.6 Å². The molecule has 106 valence electrons. The first-order chi connectivity index (χ1) is 9.20. The van der Waals surface area contributed by atoms with E-state index in [-0.39, 0.29) is 16.4 Å². The Labute approximate surface area is 125 Å². The van der Waals surface area contributed by atoms with E-state index >= 15 is 0 Å². The van der Waals surface area contributed by atoms with Gasteiger partial charge in [-0.2, -0.15) is 13.2 Å². The van der Waals surface area contributed by atoms with Gasteiger partial charge in [0.15, 0.2) is 5.78 Å². The molecular formula is C13H9BrF3NOS. The van der Waals surface area contributed by atoms with Gasteiger partial charge in [-0.3, -0.25) is 4.79 Å². The number of aryl methyl sites for hydroxylation is 1. The third-order valence-electron chi connectivity index (χ3n) is 2.63. The molecule has 0 aliphatic carbocycles. The number of nitrogens with zero attached hydrogens (tertiary/aromatic N) is 1. The Bertz CT molecular complexity index is 679. The smallest absolute Gasteiger partial charge is 0.294 e. The van der Waals surface area contributed by atoms with Crippen LogP contribution < -0.4 is 0 Å². The van der Waals surface area contributed by atoms with Gasteiger partial charge >= 0.3 is 6.18 Å². The van der Waals surface area contributed by atoms with Crippen LogP contribution >= 0.6 is 27.3 Å². The normalized spacial score (nSPS) is 11.7. The molecule has 0 aliphatic rings. The van der Waals surface area contributed by atoms with Crippen LogP contribution in [0.25, 0.3) is 10.6 Å². The maximum absolute atomic E-state index is 13.1. The molecule has 0 unspecified atom stereocenters. The van der Waals surface area contributed by atoms with Crippen LogP contribution in [0.5, 0.6) is 0 Å². The summed E-state index contributed by atoms with van der Waals surface area (Å²) in [5, 5.41) is 0.201. The summed E-state index contributed by atoms with van der Waals surface area (Å²) in [6.45, 7) is 2.99. The van der Waals surface area contributed by atoms with Gasteiger partial charge in [-0.1, -0.05) is 22.0 Å². The summed E-state index contributed by atoms with van der Waals surface area (Å²) in [4.78, 5) is 15.9. The van der Waals surface area contributed by atoms with E-state index in [9.17, 15) is 18.0 Å². The zero-order chi connectivity index (χ0) is 15.1. The minimum absolute atomic E-state index is 0.0127. The average Bonchev–Trinajstić information content (AvgIpc) is 2.70. The molecule has 2 aromatic rings. The lowest BCUT2D eigenvalue weighted by atomic mass is 10.1. The number of alkyl halides is 3. The van der Waals surface area contributed by atoms with Crippen LogP contribution in [0.2, 0.25) is 0 Å². The highest BCUT2D eigenvalue weighted by Crippen LogP contribution is 2.40. The van der Waals surface area contributed by atoms with Crippen molar-refractivity contribution in [1.82, 2.24) is 4.98 Å². The highest BCUT2D eigenvalue weighted by molar-refractivity contribution is 9.10. The van der Waals surface area contributed by atoms with Crippen LogP contribution in [0.4, 0.5) is 13.2 Å². The van der Waals surface area contributed by atoms with Crippen molar-refractivity contribution in [1.29, 1.82) is 0 Å². The Morgan fingerprint density at radius 2 is 2.00 bits per heavy atom. The standard InChI is InChI=1S/C13H9BrF3NOS/c1-6-11(7(2)19)20-12(18-6)9-4-3-8(14)5-10(9)13(15,16)17/h3-5H,1-2H3. The number of Topliss-reactive ketones (excluding diaryl/α,β-unsaturated/α-hetero) is 1. The quantitative estimate of drug-likeness (QED) is 0.694. The van der Waals surface area contributed by atoms with Gasteiger partial charge < -0.3 is 0 Å². The first-order valence-corrected chi connectivity index (χ1v) is 7.16. The minimum atomic E-state index is -4.48. The van der Waals surface area contributed by atoms with E-state index in [1.165, 1.54) is 19.1 Å². The van der Waals surface area contributed by atoms with Crippen LogP contribution in [0.1, 0.15) is 27.9 Å². The molecule has 2 nitrogen and oxygen atoms in total. The maximum Gasteiger partial charge on any atom is 0.417 e. The summed E-state index contributed by atoms with van der Waals surface area (Å²) >= 11 is 4.01. The average molecular weight is 364 g/mol. The number of ketones is 1. The van der Waals surface area contributed by atoms with E-state index in [4.69, 9.17) is 0 Å². The first kappa shape index (κ1) is 15.2. The molecule has 0 N–H and O–H groups in total. The summed E-state index contributed by atoms with van der Waals surface area (Å²) in [5.41, 5.74) is -0.328.